The Labute approximate surface area is 134 Å². The fraction of sp³-hybridized carbons (Fsp3) is 0. The Morgan fingerprint density at radius 3 is 2.81 bits per heavy atom. The highest BCUT2D eigenvalue weighted by molar-refractivity contribution is 9.10. The molecule has 0 aliphatic rings. The summed E-state index contributed by atoms with van der Waals surface area (Å²) >= 11 is 9.18. The molecule has 0 atom stereocenters. The van der Waals surface area contributed by atoms with Gasteiger partial charge in [-0.2, -0.15) is 5.26 Å². The number of hydrogen-bond donors (Lipinski definition) is 3. The normalized spacial score (nSPS) is 9.81. The van der Waals surface area contributed by atoms with Gasteiger partial charge in [0.25, 0.3) is 5.91 Å². The minimum absolute atomic E-state index is 0.224. The zero-order valence-corrected chi connectivity index (χ0v) is 12.9. The highest BCUT2D eigenvalue weighted by Crippen LogP contribution is 2.22. The zero-order chi connectivity index (χ0) is 15.4. The van der Waals surface area contributed by atoms with Gasteiger partial charge in [-0.1, -0.05) is 27.5 Å². The molecule has 1 aromatic heterocycles. The molecular formula is C13H9BrClN5O. The van der Waals surface area contributed by atoms with E-state index in [2.05, 4.69) is 31.7 Å². The Bertz CT molecular complexity index is 744. The van der Waals surface area contributed by atoms with Crippen molar-refractivity contribution in [1.29, 1.82) is 5.26 Å². The smallest absolute Gasteiger partial charge is 0.257 e. The summed E-state index contributed by atoms with van der Waals surface area (Å²) in [6, 6.07) is 8.41. The van der Waals surface area contributed by atoms with Crippen LogP contribution >= 0.6 is 27.5 Å². The van der Waals surface area contributed by atoms with Gasteiger partial charge < -0.3 is 10.7 Å². The Kier molecular flexibility index (Phi) is 4.75. The van der Waals surface area contributed by atoms with Crippen molar-refractivity contribution < 1.29 is 4.79 Å². The summed E-state index contributed by atoms with van der Waals surface area (Å²) in [5, 5.41) is 11.9. The number of pyridine rings is 1. The minimum Gasteiger partial charge on any atom is -0.321 e. The van der Waals surface area contributed by atoms with Crippen molar-refractivity contribution in [3.63, 3.8) is 0 Å². The predicted octanol–water partition coefficient (Wildman–Crippen LogP) is 2.91. The highest BCUT2D eigenvalue weighted by Gasteiger charge is 2.12. The number of nitrogens with one attached hydrogen (secondary N) is 2. The summed E-state index contributed by atoms with van der Waals surface area (Å²) < 4.78 is 0.750. The molecule has 0 unspecified atom stereocenters. The van der Waals surface area contributed by atoms with Gasteiger partial charge in [0.05, 0.1) is 21.8 Å². The summed E-state index contributed by atoms with van der Waals surface area (Å²) in [6.07, 6.45) is 1.33. The number of rotatable bonds is 3. The largest absolute Gasteiger partial charge is 0.321 e. The molecule has 6 nitrogen and oxygen atoms in total. The number of hydrazine groups is 1. The van der Waals surface area contributed by atoms with Gasteiger partial charge in [-0.15, -0.1) is 0 Å². The number of anilines is 2. The van der Waals surface area contributed by atoms with Gasteiger partial charge in [-0.3, -0.25) is 4.79 Å². The molecule has 0 aliphatic carbocycles. The number of nitriles is 1. The lowest BCUT2D eigenvalue weighted by molar-refractivity contribution is 0.102. The molecule has 0 aliphatic heterocycles. The van der Waals surface area contributed by atoms with E-state index in [1.807, 2.05) is 6.07 Å². The molecule has 1 aromatic carbocycles. The maximum absolute atomic E-state index is 12.1. The van der Waals surface area contributed by atoms with Crippen LogP contribution in [0.4, 0.5) is 11.5 Å². The van der Waals surface area contributed by atoms with Gasteiger partial charge in [0, 0.05) is 10.7 Å². The predicted molar refractivity (Wildman–Crippen MR) is 83.9 cm³/mol. The zero-order valence-electron chi connectivity index (χ0n) is 10.5. The number of carbonyl (C=O) groups is 1. The van der Waals surface area contributed by atoms with Crippen molar-refractivity contribution in [2.75, 3.05) is 10.7 Å². The molecule has 0 fully saturated rings. The van der Waals surface area contributed by atoms with Crippen LogP contribution in [0.1, 0.15) is 15.9 Å². The Morgan fingerprint density at radius 1 is 1.43 bits per heavy atom. The van der Waals surface area contributed by atoms with E-state index in [-0.39, 0.29) is 16.4 Å². The number of aromatic nitrogens is 1. The average molecular weight is 367 g/mol. The maximum Gasteiger partial charge on any atom is 0.257 e. The average Bonchev–Trinajstić information content (AvgIpc) is 2.48. The van der Waals surface area contributed by atoms with Gasteiger partial charge in [0.2, 0.25) is 0 Å². The second-order valence-corrected chi connectivity index (χ2v) is 5.28. The van der Waals surface area contributed by atoms with Crippen LogP contribution in [-0.2, 0) is 0 Å². The van der Waals surface area contributed by atoms with Gasteiger partial charge in [-0.05, 0) is 24.3 Å². The number of amides is 1. The molecule has 1 heterocycles. The fourth-order valence-electron chi connectivity index (χ4n) is 1.58. The van der Waals surface area contributed by atoms with E-state index in [0.29, 0.717) is 11.3 Å². The molecule has 0 saturated carbocycles. The van der Waals surface area contributed by atoms with Gasteiger partial charge in [0.1, 0.15) is 6.07 Å². The van der Waals surface area contributed by atoms with Crippen LogP contribution in [0.3, 0.4) is 0 Å². The van der Waals surface area contributed by atoms with Crippen LogP contribution in [0.15, 0.2) is 34.9 Å². The number of benzene rings is 1. The molecule has 2 aromatic rings. The highest BCUT2D eigenvalue weighted by atomic mass is 79.9. The molecule has 2 rings (SSSR count). The van der Waals surface area contributed by atoms with Gasteiger partial charge in [0.15, 0.2) is 5.82 Å². The quantitative estimate of drug-likeness (QED) is 0.572. The molecule has 0 radical (unpaired) electrons. The van der Waals surface area contributed by atoms with Crippen LogP contribution in [0.5, 0.6) is 0 Å². The maximum atomic E-state index is 12.1. The summed E-state index contributed by atoms with van der Waals surface area (Å²) in [7, 11) is 0. The van der Waals surface area contributed by atoms with Crippen LogP contribution in [0, 0.1) is 11.3 Å². The van der Waals surface area contributed by atoms with Crippen molar-refractivity contribution in [3.8, 4) is 6.07 Å². The van der Waals surface area contributed by atoms with Crippen LogP contribution in [0.25, 0.3) is 0 Å². The summed E-state index contributed by atoms with van der Waals surface area (Å²) in [5.74, 6) is 5.06. The SMILES string of the molecule is N#Cc1cc(Br)ccc1NC(=O)c1cnc(NN)c(Cl)c1. The Hall–Kier alpha value is -2.14. The van der Waals surface area contributed by atoms with E-state index in [9.17, 15) is 4.79 Å². The summed E-state index contributed by atoms with van der Waals surface area (Å²) in [5.41, 5.74) is 3.32. The summed E-state index contributed by atoms with van der Waals surface area (Å²) in [6.45, 7) is 0. The second kappa shape index (κ2) is 6.54. The van der Waals surface area contributed by atoms with E-state index >= 15 is 0 Å². The molecule has 4 N–H and O–H groups in total. The van der Waals surface area contributed by atoms with E-state index in [0.717, 1.165) is 4.47 Å². The van der Waals surface area contributed by atoms with Crippen molar-refractivity contribution in [3.05, 3.63) is 51.1 Å². The molecule has 21 heavy (non-hydrogen) atoms. The van der Waals surface area contributed by atoms with Crippen molar-refractivity contribution in [2.45, 2.75) is 0 Å². The first kappa shape index (κ1) is 15.3. The van der Waals surface area contributed by atoms with E-state index < -0.39 is 5.91 Å². The first-order chi connectivity index (χ1) is 10.0. The number of nitrogens with zero attached hydrogens (tertiary/aromatic N) is 2. The number of halogens is 2. The second-order valence-electron chi connectivity index (χ2n) is 3.95. The third kappa shape index (κ3) is 3.49. The Balaban J connectivity index is 2.26. The molecule has 0 spiro atoms. The molecule has 0 bridgehead atoms. The third-order valence-corrected chi connectivity index (χ3v) is 3.37. The third-order valence-electron chi connectivity index (χ3n) is 2.59. The monoisotopic (exact) mass is 365 g/mol. The van der Waals surface area contributed by atoms with Crippen LogP contribution in [0.2, 0.25) is 5.02 Å². The lowest BCUT2D eigenvalue weighted by Crippen LogP contribution is -2.15. The summed E-state index contributed by atoms with van der Waals surface area (Å²) in [4.78, 5) is 16.1. The molecule has 8 heteroatoms. The number of nitrogens with two attached hydrogens (primary N) is 1. The molecule has 0 saturated heterocycles. The minimum atomic E-state index is -0.424. The van der Waals surface area contributed by atoms with Crippen molar-refractivity contribution >= 4 is 44.9 Å². The molecule has 1 amide bonds. The van der Waals surface area contributed by atoms with Gasteiger partial charge >= 0.3 is 0 Å². The lowest BCUT2D eigenvalue weighted by atomic mass is 10.2. The van der Waals surface area contributed by atoms with Crippen LogP contribution < -0.4 is 16.6 Å². The first-order valence-electron chi connectivity index (χ1n) is 5.68. The Morgan fingerprint density at radius 2 is 2.19 bits per heavy atom. The number of nitrogen functional groups attached to an aromatic ring is 1. The first-order valence-corrected chi connectivity index (χ1v) is 6.85. The topological polar surface area (TPSA) is 104 Å². The van der Waals surface area contributed by atoms with E-state index in [1.54, 1.807) is 18.2 Å². The molecule has 106 valence electrons. The molecular weight excluding hydrogens is 358 g/mol. The van der Waals surface area contributed by atoms with Crippen molar-refractivity contribution in [1.82, 2.24) is 4.98 Å². The lowest BCUT2D eigenvalue weighted by Gasteiger charge is -2.08. The standard InChI is InChI=1S/C13H9BrClN5O/c14-9-1-2-11(7(3-9)5-16)19-13(21)8-4-10(15)12(20-17)18-6-8/h1-4,6H,17H2,(H,18,20)(H,19,21). The van der Waals surface area contributed by atoms with Gasteiger partial charge in [-0.25, -0.2) is 10.8 Å². The fourth-order valence-corrected chi connectivity index (χ4v) is 2.16. The van der Waals surface area contributed by atoms with Crippen LogP contribution in [-0.4, -0.2) is 10.9 Å². The van der Waals surface area contributed by atoms with Crippen molar-refractivity contribution in [2.24, 2.45) is 5.84 Å². The van der Waals surface area contributed by atoms with E-state index in [1.165, 1.54) is 12.3 Å². The van der Waals surface area contributed by atoms with E-state index in [4.69, 9.17) is 22.7 Å². The number of hydrogen-bond acceptors (Lipinski definition) is 5. The number of carbonyl (C=O) groups excluding carboxylic acids is 1.